The van der Waals surface area contributed by atoms with Gasteiger partial charge in [0.2, 0.25) is 5.82 Å². The Morgan fingerprint density at radius 2 is 1.72 bits per heavy atom. The molecule has 1 aliphatic carbocycles. The van der Waals surface area contributed by atoms with E-state index in [1.807, 2.05) is 12.1 Å². The Kier molecular flexibility index (Phi) is 7.91. The largest absolute Gasteiger partial charge is 0.497 e. The van der Waals surface area contributed by atoms with Crippen molar-refractivity contribution in [2.45, 2.75) is 70.6 Å². The van der Waals surface area contributed by atoms with E-state index in [2.05, 4.69) is 19.1 Å². The summed E-state index contributed by atoms with van der Waals surface area (Å²) in [6.07, 6.45) is 9.12. The second-order valence-corrected chi connectivity index (χ2v) is 7.97. The molecule has 0 bridgehead atoms. The van der Waals surface area contributed by atoms with E-state index < -0.39 is 11.6 Å². The van der Waals surface area contributed by atoms with Gasteiger partial charge in [-0.2, -0.15) is 4.39 Å². The molecule has 0 spiro atoms. The van der Waals surface area contributed by atoms with Gasteiger partial charge in [0.25, 0.3) is 0 Å². The van der Waals surface area contributed by atoms with Crippen LogP contribution < -0.4 is 9.47 Å². The molecule has 0 saturated heterocycles. The third-order valence-corrected chi connectivity index (χ3v) is 5.91. The zero-order valence-electron chi connectivity index (χ0n) is 17.6. The van der Waals surface area contributed by atoms with Crippen LogP contribution in [0.1, 0.15) is 74.5 Å². The highest BCUT2D eigenvalue weighted by Gasteiger charge is 2.27. The smallest absolute Gasteiger partial charge is 0.200 e. The van der Waals surface area contributed by atoms with Crippen molar-refractivity contribution >= 4 is 0 Å². The monoisotopic (exact) mass is 402 g/mol. The number of halogens is 2. The van der Waals surface area contributed by atoms with E-state index >= 15 is 0 Å². The maximum Gasteiger partial charge on any atom is 0.200 e. The zero-order chi connectivity index (χ0) is 20.6. The van der Waals surface area contributed by atoms with Crippen molar-refractivity contribution in [3.05, 3.63) is 58.7 Å². The quantitative estimate of drug-likeness (QED) is 0.399. The molecule has 2 aromatic rings. The Bertz CT molecular complexity index is 786. The molecule has 0 radical (unpaired) electrons. The lowest BCUT2D eigenvalue weighted by Gasteiger charge is -2.27. The molecule has 0 fully saturated rings. The molecule has 0 aromatic heterocycles. The number of rotatable bonds is 10. The number of hydrogen-bond donors (Lipinski definition) is 0. The minimum Gasteiger partial charge on any atom is -0.497 e. The topological polar surface area (TPSA) is 18.5 Å². The van der Waals surface area contributed by atoms with Crippen LogP contribution in [-0.2, 0) is 12.8 Å². The molecular formula is C25H32F2O2. The van der Waals surface area contributed by atoms with E-state index in [9.17, 15) is 8.78 Å². The average Bonchev–Trinajstić information content (AvgIpc) is 2.75. The second-order valence-electron chi connectivity index (χ2n) is 7.97. The van der Waals surface area contributed by atoms with Crippen LogP contribution in [0.4, 0.5) is 8.78 Å². The van der Waals surface area contributed by atoms with Crippen LogP contribution in [-0.4, -0.2) is 13.7 Å². The van der Waals surface area contributed by atoms with Gasteiger partial charge in [-0.05, 0) is 60.9 Å². The first-order valence-corrected chi connectivity index (χ1v) is 10.9. The first-order chi connectivity index (χ1) is 14.1. The summed E-state index contributed by atoms with van der Waals surface area (Å²) in [5.74, 6) is -0.385. The summed E-state index contributed by atoms with van der Waals surface area (Å²) in [5.41, 5.74) is 2.92. The Morgan fingerprint density at radius 1 is 1.00 bits per heavy atom. The molecule has 4 heteroatoms. The Hall–Kier alpha value is -2.10. The molecule has 3 rings (SSSR count). The van der Waals surface area contributed by atoms with Crippen molar-refractivity contribution in [2.24, 2.45) is 0 Å². The van der Waals surface area contributed by atoms with E-state index in [0.717, 1.165) is 36.1 Å². The molecule has 29 heavy (non-hydrogen) atoms. The van der Waals surface area contributed by atoms with Gasteiger partial charge in [0.05, 0.1) is 13.7 Å². The number of hydrogen-bond acceptors (Lipinski definition) is 2. The molecule has 1 aliphatic rings. The molecule has 1 atom stereocenters. The van der Waals surface area contributed by atoms with Gasteiger partial charge >= 0.3 is 0 Å². The molecular weight excluding hydrogens is 370 g/mol. The molecule has 158 valence electrons. The summed E-state index contributed by atoms with van der Waals surface area (Å²) in [5, 5.41) is 0. The van der Waals surface area contributed by atoms with Gasteiger partial charge in [-0.3, -0.25) is 0 Å². The fourth-order valence-electron chi connectivity index (χ4n) is 4.20. The summed E-state index contributed by atoms with van der Waals surface area (Å²) in [6, 6.07) is 9.38. The number of unbranched alkanes of at least 4 members (excludes halogenated alkanes) is 5. The molecule has 0 saturated carbocycles. The average molecular weight is 403 g/mol. The molecule has 0 aliphatic heterocycles. The lowest BCUT2D eigenvalue weighted by atomic mass is 9.79. The highest BCUT2D eigenvalue weighted by atomic mass is 19.2. The highest BCUT2D eigenvalue weighted by molar-refractivity contribution is 5.45. The fraction of sp³-hybridized carbons (Fsp3) is 0.520. The molecule has 2 aromatic carbocycles. The number of methoxy groups -OCH3 is 1. The van der Waals surface area contributed by atoms with E-state index in [1.165, 1.54) is 37.3 Å². The number of fused-ring (bicyclic) bond motifs is 1. The third kappa shape index (κ3) is 5.49. The first-order valence-electron chi connectivity index (χ1n) is 10.9. The van der Waals surface area contributed by atoms with Crippen LogP contribution >= 0.6 is 0 Å². The van der Waals surface area contributed by atoms with Gasteiger partial charge < -0.3 is 9.47 Å². The minimum absolute atomic E-state index is 0.140. The molecule has 0 N–H and O–H groups in total. The van der Waals surface area contributed by atoms with Crippen LogP contribution in [0.3, 0.4) is 0 Å². The maximum atomic E-state index is 14.5. The SMILES string of the molecule is CCCCCCCCOc1c(F)c(F)cc2c1CCC(c1ccc(OC)cc1)C2. The normalized spacial score (nSPS) is 15.8. The molecule has 0 amide bonds. The standard InChI is InChI=1S/C25H32F2O2/c1-3-4-5-6-7-8-15-29-25-22-14-11-19(16-20(22)17-23(26)24(25)27)18-9-12-21(28-2)13-10-18/h9-10,12-13,17,19H,3-8,11,14-16H2,1-2H3. The molecule has 0 heterocycles. The predicted octanol–water partition coefficient (Wildman–Crippen LogP) is 6.99. The van der Waals surface area contributed by atoms with Crippen molar-refractivity contribution in [3.8, 4) is 11.5 Å². The number of ether oxygens (including phenoxy) is 2. The highest BCUT2D eigenvalue weighted by Crippen LogP contribution is 2.39. The summed E-state index contributed by atoms with van der Waals surface area (Å²) in [6.45, 7) is 2.64. The van der Waals surface area contributed by atoms with Crippen LogP contribution in [0.25, 0.3) is 0 Å². The van der Waals surface area contributed by atoms with Gasteiger partial charge in [0.15, 0.2) is 11.6 Å². The van der Waals surface area contributed by atoms with Crippen molar-refractivity contribution in [1.82, 2.24) is 0 Å². The van der Waals surface area contributed by atoms with E-state index in [1.54, 1.807) is 7.11 Å². The van der Waals surface area contributed by atoms with Crippen LogP contribution in [0.2, 0.25) is 0 Å². The Balaban J connectivity index is 1.66. The van der Waals surface area contributed by atoms with Gasteiger partial charge in [-0.15, -0.1) is 0 Å². The van der Waals surface area contributed by atoms with E-state index in [4.69, 9.17) is 9.47 Å². The summed E-state index contributed by atoms with van der Waals surface area (Å²) < 4.78 is 39.7. The van der Waals surface area contributed by atoms with Gasteiger partial charge in [0, 0.05) is 5.56 Å². The summed E-state index contributed by atoms with van der Waals surface area (Å²) in [7, 11) is 1.65. The van der Waals surface area contributed by atoms with Crippen molar-refractivity contribution < 1.29 is 18.3 Å². The molecule has 1 unspecified atom stereocenters. The van der Waals surface area contributed by atoms with E-state index in [0.29, 0.717) is 25.4 Å². The zero-order valence-corrected chi connectivity index (χ0v) is 17.6. The summed E-state index contributed by atoms with van der Waals surface area (Å²) in [4.78, 5) is 0. The first kappa shape index (κ1) is 21.6. The Morgan fingerprint density at radius 3 is 2.45 bits per heavy atom. The van der Waals surface area contributed by atoms with Gasteiger partial charge in [0.1, 0.15) is 5.75 Å². The van der Waals surface area contributed by atoms with Crippen LogP contribution in [0.5, 0.6) is 11.5 Å². The van der Waals surface area contributed by atoms with Crippen molar-refractivity contribution in [1.29, 1.82) is 0 Å². The Labute approximate surface area is 173 Å². The van der Waals surface area contributed by atoms with Crippen LogP contribution in [0.15, 0.2) is 30.3 Å². The maximum absolute atomic E-state index is 14.5. The molecule has 2 nitrogen and oxygen atoms in total. The van der Waals surface area contributed by atoms with Crippen LogP contribution in [0, 0.1) is 11.6 Å². The summed E-state index contributed by atoms with van der Waals surface area (Å²) >= 11 is 0. The number of benzene rings is 2. The fourth-order valence-corrected chi connectivity index (χ4v) is 4.20. The third-order valence-electron chi connectivity index (χ3n) is 5.91. The predicted molar refractivity (Wildman–Crippen MR) is 113 cm³/mol. The van der Waals surface area contributed by atoms with E-state index in [-0.39, 0.29) is 5.75 Å². The van der Waals surface area contributed by atoms with Gasteiger partial charge in [-0.25, -0.2) is 4.39 Å². The van der Waals surface area contributed by atoms with Crippen molar-refractivity contribution in [3.63, 3.8) is 0 Å². The lowest BCUT2D eigenvalue weighted by Crippen LogP contribution is -2.16. The lowest BCUT2D eigenvalue weighted by molar-refractivity contribution is 0.279. The van der Waals surface area contributed by atoms with Crippen molar-refractivity contribution in [2.75, 3.05) is 13.7 Å². The van der Waals surface area contributed by atoms with Gasteiger partial charge in [-0.1, -0.05) is 51.2 Å². The second kappa shape index (κ2) is 10.6. The minimum atomic E-state index is -0.836.